The van der Waals surface area contributed by atoms with E-state index in [4.69, 9.17) is 4.74 Å². The standard InChI is InChI=1S/C12H14N2O2/c1-16-10-4-2-3-8(5-10)14-9-6-11(12(14)15)13-7-9/h2-5,9,11,13H,6-7H2,1H3. The number of methoxy groups -OCH3 is 1. The highest BCUT2D eigenvalue weighted by molar-refractivity contribution is 6.01. The lowest BCUT2D eigenvalue weighted by atomic mass is 10.2. The number of hydrogen-bond donors (Lipinski definition) is 1. The van der Waals surface area contributed by atoms with Gasteiger partial charge in [-0.2, -0.15) is 0 Å². The molecule has 0 aromatic heterocycles. The molecule has 2 saturated heterocycles. The molecular formula is C12H14N2O2. The first-order chi connectivity index (χ1) is 7.79. The zero-order valence-corrected chi connectivity index (χ0v) is 9.14. The van der Waals surface area contributed by atoms with E-state index >= 15 is 0 Å². The molecule has 0 radical (unpaired) electrons. The first-order valence-corrected chi connectivity index (χ1v) is 5.50. The van der Waals surface area contributed by atoms with Crippen LogP contribution in [0.5, 0.6) is 5.75 Å². The summed E-state index contributed by atoms with van der Waals surface area (Å²) in [5.41, 5.74) is 0.943. The fourth-order valence-electron chi connectivity index (χ4n) is 2.55. The van der Waals surface area contributed by atoms with Crippen molar-refractivity contribution in [3.63, 3.8) is 0 Å². The van der Waals surface area contributed by atoms with Gasteiger partial charge < -0.3 is 15.0 Å². The molecule has 2 heterocycles. The summed E-state index contributed by atoms with van der Waals surface area (Å²) in [7, 11) is 1.64. The molecule has 2 atom stereocenters. The first kappa shape index (κ1) is 9.66. The molecule has 16 heavy (non-hydrogen) atoms. The number of ether oxygens (including phenoxy) is 1. The number of nitrogens with zero attached hydrogens (tertiary/aromatic N) is 1. The van der Waals surface area contributed by atoms with Gasteiger partial charge in [-0.3, -0.25) is 4.79 Å². The normalized spacial score (nSPS) is 27.6. The third kappa shape index (κ3) is 1.30. The number of carbonyl (C=O) groups is 1. The number of benzene rings is 1. The molecule has 2 aliphatic heterocycles. The summed E-state index contributed by atoms with van der Waals surface area (Å²) in [5.74, 6) is 0.977. The quantitative estimate of drug-likeness (QED) is 0.797. The van der Waals surface area contributed by atoms with Crippen LogP contribution in [0.4, 0.5) is 5.69 Å². The van der Waals surface area contributed by atoms with Gasteiger partial charge in [-0.15, -0.1) is 0 Å². The Morgan fingerprint density at radius 3 is 3.06 bits per heavy atom. The smallest absolute Gasteiger partial charge is 0.244 e. The number of nitrogens with one attached hydrogen (secondary N) is 1. The van der Waals surface area contributed by atoms with Crippen LogP contribution >= 0.6 is 0 Å². The van der Waals surface area contributed by atoms with Crippen LogP contribution in [0.3, 0.4) is 0 Å². The second kappa shape index (κ2) is 3.49. The molecular weight excluding hydrogens is 204 g/mol. The zero-order chi connectivity index (χ0) is 11.1. The predicted molar refractivity (Wildman–Crippen MR) is 60.7 cm³/mol. The second-order valence-electron chi connectivity index (χ2n) is 4.26. The first-order valence-electron chi connectivity index (χ1n) is 5.50. The molecule has 1 amide bonds. The summed E-state index contributed by atoms with van der Waals surface area (Å²) in [5, 5.41) is 3.21. The summed E-state index contributed by atoms with van der Waals surface area (Å²) in [6.07, 6.45) is 0.927. The van der Waals surface area contributed by atoms with Gasteiger partial charge in [0.2, 0.25) is 5.91 Å². The molecule has 0 spiro atoms. The maximum Gasteiger partial charge on any atom is 0.244 e. The molecule has 0 aliphatic carbocycles. The van der Waals surface area contributed by atoms with E-state index in [1.165, 1.54) is 0 Å². The van der Waals surface area contributed by atoms with Crippen LogP contribution in [0.2, 0.25) is 0 Å². The van der Waals surface area contributed by atoms with Crippen LogP contribution in [0, 0.1) is 0 Å². The Bertz CT molecular complexity index is 433. The highest BCUT2D eigenvalue weighted by Gasteiger charge is 2.45. The van der Waals surface area contributed by atoms with Crippen molar-refractivity contribution in [3.05, 3.63) is 24.3 Å². The van der Waals surface area contributed by atoms with E-state index in [0.29, 0.717) is 6.04 Å². The molecule has 1 aromatic carbocycles. The predicted octanol–water partition coefficient (Wildman–Crippen LogP) is 0.772. The molecule has 2 unspecified atom stereocenters. The maximum absolute atomic E-state index is 12.0. The van der Waals surface area contributed by atoms with Gasteiger partial charge in [0.05, 0.1) is 19.2 Å². The number of amides is 1. The Labute approximate surface area is 94.2 Å². The number of fused-ring (bicyclic) bond motifs is 2. The summed E-state index contributed by atoms with van der Waals surface area (Å²) in [6, 6.07) is 8.02. The van der Waals surface area contributed by atoms with E-state index in [1.54, 1.807) is 7.11 Å². The Hall–Kier alpha value is -1.55. The highest BCUT2D eigenvalue weighted by atomic mass is 16.5. The number of piperazine rings is 1. The van der Waals surface area contributed by atoms with E-state index < -0.39 is 0 Å². The van der Waals surface area contributed by atoms with Crippen LogP contribution in [0.1, 0.15) is 6.42 Å². The van der Waals surface area contributed by atoms with E-state index in [9.17, 15) is 4.79 Å². The molecule has 4 heteroatoms. The number of anilines is 1. The number of rotatable bonds is 2. The molecule has 0 saturated carbocycles. The van der Waals surface area contributed by atoms with Gasteiger partial charge >= 0.3 is 0 Å². The van der Waals surface area contributed by atoms with E-state index in [2.05, 4.69) is 5.32 Å². The lowest BCUT2D eigenvalue weighted by molar-refractivity contribution is -0.119. The SMILES string of the molecule is COc1cccc(N2C(=O)C3CC2CN3)c1. The topological polar surface area (TPSA) is 41.6 Å². The number of hydrogen-bond acceptors (Lipinski definition) is 3. The van der Waals surface area contributed by atoms with Crippen molar-refractivity contribution in [1.29, 1.82) is 0 Å². The fourth-order valence-corrected chi connectivity index (χ4v) is 2.55. The Kier molecular flexibility index (Phi) is 2.11. The van der Waals surface area contributed by atoms with Gasteiger partial charge in [0.1, 0.15) is 5.75 Å². The maximum atomic E-state index is 12.0. The van der Waals surface area contributed by atoms with E-state index in [-0.39, 0.29) is 11.9 Å². The minimum Gasteiger partial charge on any atom is -0.497 e. The summed E-state index contributed by atoms with van der Waals surface area (Å²) < 4.78 is 5.18. The molecule has 3 rings (SSSR count). The largest absolute Gasteiger partial charge is 0.497 e. The van der Waals surface area contributed by atoms with Crippen LogP contribution < -0.4 is 15.0 Å². The third-order valence-electron chi connectivity index (χ3n) is 3.34. The minimum absolute atomic E-state index is 0.0243. The van der Waals surface area contributed by atoms with Crippen molar-refractivity contribution < 1.29 is 9.53 Å². The van der Waals surface area contributed by atoms with Gasteiger partial charge in [-0.1, -0.05) is 6.07 Å². The van der Waals surface area contributed by atoms with E-state index in [0.717, 1.165) is 24.4 Å². The third-order valence-corrected chi connectivity index (χ3v) is 3.34. The molecule has 2 fully saturated rings. The van der Waals surface area contributed by atoms with Crippen molar-refractivity contribution in [2.45, 2.75) is 18.5 Å². The molecule has 1 aromatic rings. The van der Waals surface area contributed by atoms with Crippen molar-refractivity contribution in [2.24, 2.45) is 0 Å². The van der Waals surface area contributed by atoms with Crippen molar-refractivity contribution in [3.8, 4) is 5.75 Å². The monoisotopic (exact) mass is 218 g/mol. The number of carbonyl (C=O) groups excluding carboxylic acids is 1. The average Bonchev–Trinajstić information content (AvgIpc) is 2.89. The van der Waals surface area contributed by atoms with Gasteiger partial charge in [0.25, 0.3) is 0 Å². The van der Waals surface area contributed by atoms with E-state index in [1.807, 2.05) is 29.2 Å². The molecule has 1 N–H and O–H groups in total. The van der Waals surface area contributed by atoms with Gasteiger partial charge in [-0.05, 0) is 18.6 Å². The lowest BCUT2D eigenvalue weighted by Crippen LogP contribution is -2.48. The lowest BCUT2D eigenvalue weighted by Gasteiger charge is -2.27. The second-order valence-corrected chi connectivity index (χ2v) is 4.26. The van der Waals surface area contributed by atoms with Crippen molar-refractivity contribution in [1.82, 2.24) is 5.32 Å². The zero-order valence-electron chi connectivity index (χ0n) is 9.14. The van der Waals surface area contributed by atoms with Crippen LogP contribution in [-0.2, 0) is 4.79 Å². The Balaban J connectivity index is 1.94. The fraction of sp³-hybridized carbons (Fsp3) is 0.417. The molecule has 2 aliphatic rings. The van der Waals surface area contributed by atoms with Crippen LogP contribution in [0.25, 0.3) is 0 Å². The summed E-state index contributed by atoms with van der Waals surface area (Å²) in [6.45, 7) is 0.896. The highest BCUT2D eigenvalue weighted by Crippen LogP contribution is 2.32. The van der Waals surface area contributed by atoms with Crippen LogP contribution in [0.15, 0.2) is 24.3 Å². The van der Waals surface area contributed by atoms with Gasteiger partial charge in [0.15, 0.2) is 0 Å². The Morgan fingerprint density at radius 1 is 1.50 bits per heavy atom. The average molecular weight is 218 g/mol. The van der Waals surface area contributed by atoms with Crippen LogP contribution in [-0.4, -0.2) is 31.6 Å². The van der Waals surface area contributed by atoms with Crippen molar-refractivity contribution in [2.75, 3.05) is 18.6 Å². The molecule has 4 nitrogen and oxygen atoms in total. The van der Waals surface area contributed by atoms with Gasteiger partial charge in [-0.25, -0.2) is 0 Å². The minimum atomic E-state index is 0.0243. The van der Waals surface area contributed by atoms with Gasteiger partial charge in [0, 0.05) is 18.3 Å². The molecule has 84 valence electrons. The Morgan fingerprint density at radius 2 is 2.38 bits per heavy atom. The molecule has 2 bridgehead atoms. The van der Waals surface area contributed by atoms with Crippen molar-refractivity contribution >= 4 is 11.6 Å². The summed E-state index contributed by atoms with van der Waals surface area (Å²) >= 11 is 0. The summed E-state index contributed by atoms with van der Waals surface area (Å²) in [4.78, 5) is 13.9.